The van der Waals surface area contributed by atoms with Gasteiger partial charge in [-0.2, -0.15) is 0 Å². The van der Waals surface area contributed by atoms with Crippen LogP contribution in [0.25, 0.3) is 10.2 Å². The molecule has 0 radical (unpaired) electrons. The molecule has 0 saturated carbocycles. The van der Waals surface area contributed by atoms with E-state index in [1.807, 2.05) is 35.2 Å². The molecule has 3 aromatic rings. The normalized spacial score (nSPS) is 17.3. The number of carbonyl (C=O) groups is 1. The number of para-hydroxylation sites is 1. The third kappa shape index (κ3) is 2.97. The molecular weight excluding hydrogens is 320 g/mol. The molecule has 0 aliphatic carbocycles. The summed E-state index contributed by atoms with van der Waals surface area (Å²) in [5, 5.41) is 4.05. The number of hydrogen-bond acceptors (Lipinski definition) is 4. The lowest BCUT2D eigenvalue weighted by atomic mass is 10.2. The molecule has 0 unspecified atom stereocenters. The molecule has 1 fully saturated rings. The van der Waals surface area contributed by atoms with E-state index in [0.717, 1.165) is 35.5 Å². The molecule has 3 heterocycles. The van der Waals surface area contributed by atoms with E-state index in [0.29, 0.717) is 6.54 Å². The van der Waals surface area contributed by atoms with Crippen LogP contribution in [0.1, 0.15) is 29.5 Å². The largest absolute Gasteiger partial charge is 0.334 e. The van der Waals surface area contributed by atoms with E-state index >= 15 is 0 Å². The van der Waals surface area contributed by atoms with E-state index in [4.69, 9.17) is 4.98 Å². The van der Waals surface area contributed by atoms with Gasteiger partial charge in [0.1, 0.15) is 5.01 Å². The number of likely N-dealkylation sites (tertiary alicyclic amines) is 1. The zero-order valence-corrected chi connectivity index (χ0v) is 14.0. The van der Waals surface area contributed by atoms with Gasteiger partial charge in [-0.15, -0.1) is 11.3 Å². The topological polar surface area (TPSA) is 58.1 Å². The predicted octanol–water partition coefficient (Wildman–Crippen LogP) is 3.74. The van der Waals surface area contributed by atoms with Crippen molar-refractivity contribution in [2.24, 2.45) is 0 Å². The third-order valence-electron chi connectivity index (χ3n) is 4.30. The zero-order valence-electron chi connectivity index (χ0n) is 13.2. The van der Waals surface area contributed by atoms with Crippen molar-refractivity contribution in [3.8, 4) is 0 Å². The maximum atomic E-state index is 12.6. The number of benzene rings is 1. The maximum absolute atomic E-state index is 12.6. The molecular formula is C18H18N4OS. The van der Waals surface area contributed by atoms with Crippen LogP contribution in [0.5, 0.6) is 0 Å². The summed E-state index contributed by atoms with van der Waals surface area (Å²) in [7, 11) is 0. The van der Waals surface area contributed by atoms with Gasteiger partial charge in [0.2, 0.25) is 0 Å². The van der Waals surface area contributed by atoms with E-state index in [9.17, 15) is 4.79 Å². The van der Waals surface area contributed by atoms with Crippen LogP contribution in [0.2, 0.25) is 0 Å². The van der Waals surface area contributed by atoms with Crippen LogP contribution in [0.3, 0.4) is 0 Å². The number of aromatic nitrogens is 2. The number of nitrogens with zero attached hydrogens (tertiary/aromatic N) is 3. The number of nitrogens with one attached hydrogen (secondary N) is 1. The highest BCUT2D eigenvalue weighted by Gasteiger charge is 2.32. The van der Waals surface area contributed by atoms with Gasteiger partial charge in [-0.25, -0.2) is 9.78 Å². The summed E-state index contributed by atoms with van der Waals surface area (Å²) in [6, 6.07) is 12.0. The van der Waals surface area contributed by atoms with Gasteiger partial charge >= 0.3 is 6.03 Å². The first-order chi connectivity index (χ1) is 11.8. The van der Waals surface area contributed by atoms with Crippen LogP contribution in [0.4, 0.5) is 4.79 Å². The first-order valence-electron chi connectivity index (χ1n) is 8.10. The summed E-state index contributed by atoms with van der Waals surface area (Å²) >= 11 is 1.69. The summed E-state index contributed by atoms with van der Waals surface area (Å²) in [5.74, 6) is 0. The fourth-order valence-corrected chi connectivity index (χ4v) is 4.19. The quantitative estimate of drug-likeness (QED) is 0.791. The lowest BCUT2D eigenvalue weighted by Gasteiger charge is -2.23. The Balaban J connectivity index is 1.48. The zero-order chi connectivity index (χ0) is 16.4. The molecule has 2 aromatic heterocycles. The summed E-state index contributed by atoms with van der Waals surface area (Å²) < 4.78 is 1.18. The average Bonchev–Trinajstić information content (AvgIpc) is 3.26. The van der Waals surface area contributed by atoms with Crippen LogP contribution in [0, 0.1) is 0 Å². The second kappa shape index (κ2) is 6.57. The Hall–Kier alpha value is -2.47. The first-order valence-corrected chi connectivity index (χ1v) is 8.92. The van der Waals surface area contributed by atoms with Crippen LogP contribution in [-0.4, -0.2) is 27.4 Å². The minimum absolute atomic E-state index is 0.0198. The maximum Gasteiger partial charge on any atom is 0.318 e. The van der Waals surface area contributed by atoms with Gasteiger partial charge < -0.3 is 10.2 Å². The molecule has 24 heavy (non-hydrogen) atoms. The van der Waals surface area contributed by atoms with Gasteiger partial charge in [0.25, 0.3) is 0 Å². The molecule has 1 N–H and O–H groups in total. The molecule has 1 atom stereocenters. The molecule has 6 heteroatoms. The Kier molecular flexibility index (Phi) is 4.13. The SMILES string of the molecule is O=C(NCc1ccncc1)N1CCC[C@@H]1c1nc2ccccc2s1. The lowest BCUT2D eigenvalue weighted by Crippen LogP contribution is -2.39. The number of amides is 2. The van der Waals surface area contributed by atoms with E-state index in [2.05, 4.69) is 16.4 Å². The molecule has 0 bridgehead atoms. The Bertz CT molecular complexity index is 815. The molecule has 1 saturated heterocycles. The molecule has 2 amide bonds. The lowest BCUT2D eigenvalue weighted by molar-refractivity contribution is 0.192. The van der Waals surface area contributed by atoms with E-state index in [-0.39, 0.29) is 12.1 Å². The number of hydrogen-bond donors (Lipinski definition) is 1. The van der Waals surface area contributed by atoms with Crippen molar-refractivity contribution in [3.63, 3.8) is 0 Å². The number of fused-ring (bicyclic) bond motifs is 1. The molecule has 1 aliphatic rings. The van der Waals surface area contributed by atoms with E-state index in [1.165, 1.54) is 4.70 Å². The highest BCUT2D eigenvalue weighted by Crippen LogP contribution is 2.36. The predicted molar refractivity (Wildman–Crippen MR) is 94.8 cm³/mol. The Labute approximate surface area is 144 Å². The van der Waals surface area contributed by atoms with Gasteiger partial charge in [-0.3, -0.25) is 4.98 Å². The number of pyridine rings is 1. The molecule has 0 spiro atoms. The highest BCUT2D eigenvalue weighted by atomic mass is 32.1. The van der Waals surface area contributed by atoms with Gasteiger partial charge in [-0.05, 0) is 42.7 Å². The second-order valence-electron chi connectivity index (χ2n) is 5.89. The van der Waals surface area contributed by atoms with Crippen molar-refractivity contribution >= 4 is 27.6 Å². The van der Waals surface area contributed by atoms with Gasteiger partial charge in [-0.1, -0.05) is 12.1 Å². The number of urea groups is 1. The standard InChI is InChI=1S/C18H18N4OS/c23-18(20-12-13-7-9-19-10-8-13)22-11-3-5-15(22)17-21-14-4-1-2-6-16(14)24-17/h1-2,4,6-10,15H,3,5,11-12H2,(H,20,23)/t15-/m1/s1. The summed E-state index contributed by atoms with van der Waals surface area (Å²) in [4.78, 5) is 23.2. The monoisotopic (exact) mass is 338 g/mol. The van der Waals surface area contributed by atoms with Crippen molar-refractivity contribution in [3.05, 3.63) is 59.4 Å². The Morgan fingerprint density at radius 1 is 1.25 bits per heavy atom. The van der Waals surface area contributed by atoms with Crippen LogP contribution in [-0.2, 0) is 6.54 Å². The highest BCUT2D eigenvalue weighted by molar-refractivity contribution is 7.18. The number of rotatable bonds is 3. The molecule has 5 nitrogen and oxygen atoms in total. The minimum Gasteiger partial charge on any atom is -0.334 e. The molecule has 122 valence electrons. The molecule has 4 rings (SSSR count). The molecule has 1 aromatic carbocycles. The van der Waals surface area contributed by atoms with Crippen molar-refractivity contribution in [2.75, 3.05) is 6.54 Å². The van der Waals surface area contributed by atoms with Crippen molar-refractivity contribution in [1.29, 1.82) is 0 Å². The smallest absolute Gasteiger partial charge is 0.318 e. The summed E-state index contributed by atoms with van der Waals surface area (Å²) in [6.45, 7) is 1.30. The molecule has 1 aliphatic heterocycles. The van der Waals surface area contributed by atoms with Gasteiger partial charge in [0, 0.05) is 25.5 Å². The average molecular weight is 338 g/mol. The van der Waals surface area contributed by atoms with Crippen LogP contribution >= 0.6 is 11.3 Å². The second-order valence-corrected chi connectivity index (χ2v) is 6.95. The summed E-state index contributed by atoms with van der Waals surface area (Å²) in [5.41, 5.74) is 2.07. The van der Waals surface area contributed by atoms with Crippen molar-refractivity contribution in [1.82, 2.24) is 20.2 Å². The number of thiazole rings is 1. The van der Waals surface area contributed by atoms with Crippen molar-refractivity contribution in [2.45, 2.75) is 25.4 Å². The minimum atomic E-state index is -0.0198. The summed E-state index contributed by atoms with van der Waals surface area (Å²) in [6.07, 6.45) is 5.47. The Morgan fingerprint density at radius 3 is 2.92 bits per heavy atom. The van der Waals surface area contributed by atoms with Crippen LogP contribution in [0.15, 0.2) is 48.8 Å². The fraction of sp³-hybridized carbons (Fsp3) is 0.278. The van der Waals surface area contributed by atoms with Crippen molar-refractivity contribution < 1.29 is 4.79 Å². The third-order valence-corrected chi connectivity index (χ3v) is 5.44. The van der Waals surface area contributed by atoms with Crippen LogP contribution < -0.4 is 5.32 Å². The van der Waals surface area contributed by atoms with E-state index in [1.54, 1.807) is 23.7 Å². The van der Waals surface area contributed by atoms with Gasteiger partial charge in [0.05, 0.1) is 16.3 Å². The number of carbonyl (C=O) groups excluding carboxylic acids is 1. The Morgan fingerprint density at radius 2 is 2.08 bits per heavy atom. The van der Waals surface area contributed by atoms with E-state index < -0.39 is 0 Å². The fourth-order valence-electron chi connectivity index (χ4n) is 3.08. The van der Waals surface area contributed by atoms with Gasteiger partial charge in [0.15, 0.2) is 0 Å². The first kappa shape index (κ1) is 15.1.